The lowest BCUT2D eigenvalue weighted by Gasteiger charge is -2.23. The van der Waals surface area contributed by atoms with E-state index in [2.05, 4.69) is 37.3 Å². The minimum atomic E-state index is 0.743. The largest absolute Gasteiger partial charge is 0.497 e. The summed E-state index contributed by atoms with van der Waals surface area (Å²) in [6.45, 7) is 2.36. The fourth-order valence-corrected chi connectivity index (χ4v) is 3.95. The van der Waals surface area contributed by atoms with Gasteiger partial charge in [-0.15, -0.1) is 0 Å². The van der Waals surface area contributed by atoms with Gasteiger partial charge in [-0.05, 0) is 77.1 Å². The van der Waals surface area contributed by atoms with Gasteiger partial charge in [-0.25, -0.2) is 0 Å². The number of ether oxygens (including phenoxy) is 1. The van der Waals surface area contributed by atoms with E-state index in [0.717, 1.165) is 18.1 Å². The molecule has 0 amide bonds. The Bertz CT molecular complexity index is 684. The van der Waals surface area contributed by atoms with Crippen LogP contribution in [0.2, 0.25) is 0 Å². The molecule has 0 spiro atoms. The van der Waals surface area contributed by atoms with Gasteiger partial charge >= 0.3 is 0 Å². The molecular formula is C19H20O. The molecule has 20 heavy (non-hydrogen) atoms. The van der Waals surface area contributed by atoms with Crippen LogP contribution in [0.25, 0.3) is 11.1 Å². The molecule has 0 bridgehead atoms. The second-order valence-electron chi connectivity index (χ2n) is 6.12. The van der Waals surface area contributed by atoms with Crippen LogP contribution in [0.1, 0.15) is 41.5 Å². The van der Waals surface area contributed by atoms with Crippen molar-refractivity contribution in [3.63, 3.8) is 0 Å². The van der Waals surface area contributed by atoms with E-state index in [1.165, 1.54) is 36.0 Å². The fourth-order valence-electron chi connectivity index (χ4n) is 3.95. The van der Waals surface area contributed by atoms with E-state index >= 15 is 0 Å². The highest BCUT2D eigenvalue weighted by Crippen LogP contribution is 2.43. The second-order valence-corrected chi connectivity index (χ2v) is 6.12. The Balaban J connectivity index is 1.90. The van der Waals surface area contributed by atoms with Crippen molar-refractivity contribution in [2.45, 2.75) is 38.5 Å². The van der Waals surface area contributed by atoms with E-state index < -0.39 is 0 Å². The Morgan fingerprint density at radius 3 is 2.65 bits per heavy atom. The maximum absolute atomic E-state index is 5.36. The summed E-state index contributed by atoms with van der Waals surface area (Å²) in [6.07, 6.45) is 4.92. The van der Waals surface area contributed by atoms with Crippen molar-refractivity contribution >= 4 is 0 Å². The van der Waals surface area contributed by atoms with Gasteiger partial charge in [-0.3, -0.25) is 0 Å². The summed E-state index contributed by atoms with van der Waals surface area (Å²) in [6, 6.07) is 11.2. The smallest absolute Gasteiger partial charge is 0.119 e. The highest BCUT2D eigenvalue weighted by molar-refractivity contribution is 5.76. The molecule has 1 heteroatoms. The Morgan fingerprint density at radius 1 is 0.950 bits per heavy atom. The standard InChI is InChI=1S/C19H20O/c1-12-3-6-17-15(12)9-10-18-16-8-5-14(20-2)11-13(16)4-7-19(17)18/h5,8-12H,3-4,6-7H2,1-2H3/t12-/m0/s1. The molecule has 1 atom stereocenters. The lowest BCUT2D eigenvalue weighted by molar-refractivity contribution is 0.414. The van der Waals surface area contributed by atoms with Gasteiger partial charge in [0.2, 0.25) is 0 Å². The summed E-state index contributed by atoms with van der Waals surface area (Å²) in [4.78, 5) is 0. The summed E-state index contributed by atoms with van der Waals surface area (Å²) in [7, 11) is 1.74. The van der Waals surface area contributed by atoms with E-state index in [0.29, 0.717) is 0 Å². The molecule has 0 radical (unpaired) electrons. The number of hydrogen-bond acceptors (Lipinski definition) is 1. The van der Waals surface area contributed by atoms with E-state index in [-0.39, 0.29) is 0 Å². The molecule has 0 saturated heterocycles. The first-order valence-corrected chi connectivity index (χ1v) is 7.60. The van der Waals surface area contributed by atoms with Crippen molar-refractivity contribution in [3.05, 3.63) is 52.6 Å². The minimum absolute atomic E-state index is 0.743. The molecule has 0 N–H and O–H groups in total. The minimum Gasteiger partial charge on any atom is -0.497 e. The zero-order valence-electron chi connectivity index (χ0n) is 12.2. The summed E-state index contributed by atoms with van der Waals surface area (Å²) in [5.41, 5.74) is 9.17. The molecule has 0 fully saturated rings. The van der Waals surface area contributed by atoms with Gasteiger partial charge < -0.3 is 4.74 Å². The molecule has 0 aromatic heterocycles. The molecule has 0 aliphatic heterocycles. The van der Waals surface area contributed by atoms with E-state index in [1.807, 2.05) is 0 Å². The Labute approximate surface area is 120 Å². The van der Waals surface area contributed by atoms with Crippen molar-refractivity contribution in [1.29, 1.82) is 0 Å². The third kappa shape index (κ3) is 1.62. The van der Waals surface area contributed by atoms with Crippen molar-refractivity contribution in [3.8, 4) is 16.9 Å². The third-order valence-electron chi connectivity index (χ3n) is 5.07. The van der Waals surface area contributed by atoms with Gasteiger partial charge in [0.1, 0.15) is 5.75 Å². The summed E-state index contributed by atoms with van der Waals surface area (Å²) < 4.78 is 5.36. The Kier molecular flexibility index (Phi) is 2.63. The van der Waals surface area contributed by atoms with E-state index in [9.17, 15) is 0 Å². The fraction of sp³-hybridized carbons (Fsp3) is 0.368. The average molecular weight is 264 g/mol. The van der Waals surface area contributed by atoms with E-state index in [1.54, 1.807) is 23.8 Å². The predicted molar refractivity (Wildman–Crippen MR) is 82.6 cm³/mol. The van der Waals surface area contributed by atoms with Crippen LogP contribution in [0.5, 0.6) is 5.75 Å². The number of fused-ring (bicyclic) bond motifs is 5. The number of rotatable bonds is 1. The summed E-state index contributed by atoms with van der Waals surface area (Å²) in [5.74, 6) is 1.72. The first-order valence-electron chi connectivity index (χ1n) is 7.60. The van der Waals surface area contributed by atoms with Crippen LogP contribution in [0, 0.1) is 0 Å². The van der Waals surface area contributed by atoms with Crippen LogP contribution in [0.4, 0.5) is 0 Å². The van der Waals surface area contributed by atoms with Gasteiger partial charge in [0.05, 0.1) is 7.11 Å². The number of hydrogen-bond donors (Lipinski definition) is 0. The molecule has 0 saturated carbocycles. The summed E-state index contributed by atoms with van der Waals surface area (Å²) >= 11 is 0. The molecule has 1 nitrogen and oxygen atoms in total. The van der Waals surface area contributed by atoms with E-state index in [4.69, 9.17) is 4.74 Å². The molecule has 102 valence electrons. The van der Waals surface area contributed by atoms with Crippen LogP contribution >= 0.6 is 0 Å². The van der Waals surface area contributed by atoms with Crippen molar-refractivity contribution in [2.75, 3.05) is 7.11 Å². The Hall–Kier alpha value is -1.76. The van der Waals surface area contributed by atoms with Crippen LogP contribution in [0.3, 0.4) is 0 Å². The van der Waals surface area contributed by atoms with Crippen molar-refractivity contribution in [2.24, 2.45) is 0 Å². The van der Waals surface area contributed by atoms with Crippen LogP contribution in [-0.4, -0.2) is 7.11 Å². The van der Waals surface area contributed by atoms with Gasteiger partial charge in [0, 0.05) is 0 Å². The SMILES string of the molecule is COc1ccc2c(c1)CCc1c-2ccc2c1CC[C@@H]2C. The third-order valence-corrected chi connectivity index (χ3v) is 5.07. The zero-order chi connectivity index (χ0) is 13.7. The highest BCUT2D eigenvalue weighted by atomic mass is 16.5. The highest BCUT2D eigenvalue weighted by Gasteiger charge is 2.26. The van der Waals surface area contributed by atoms with Crippen LogP contribution in [-0.2, 0) is 19.3 Å². The van der Waals surface area contributed by atoms with Gasteiger partial charge in [0.25, 0.3) is 0 Å². The molecule has 4 rings (SSSR count). The van der Waals surface area contributed by atoms with Crippen molar-refractivity contribution in [1.82, 2.24) is 0 Å². The number of methoxy groups -OCH3 is 1. The lowest BCUT2D eigenvalue weighted by atomic mass is 9.82. The molecule has 2 aliphatic rings. The zero-order valence-corrected chi connectivity index (χ0v) is 12.2. The molecule has 0 unspecified atom stereocenters. The molecule has 2 aromatic carbocycles. The van der Waals surface area contributed by atoms with Gasteiger partial charge in [0.15, 0.2) is 0 Å². The number of benzene rings is 2. The number of aryl methyl sites for hydroxylation is 1. The maximum atomic E-state index is 5.36. The van der Waals surface area contributed by atoms with Crippen molar-refractivity contribution < 1.29 is 4.74 Å². The Morgan fingerprint density at radius 2 is 1.80 bits per heavy atom. The molecule has 2 aromatic rings. The first kappa shape index (κ1) is 12.0. The van der Waals surface area contributed by atoms with Crippen LogP contribution in [0.15, 0.2) is 30.3 Å². The topological polar surface area (TPSA) is 9.23 Å². The average Bonchev–Trinajstić information content (AvgIpc) is 2.88. The molecule has 2 aliphatic carbocycles. The molecule has 0 heterocycles. The monoisotopic (exact) mass is 264 g/mol. The lowest BCUT2D eigenvalue weighted by Crippen LogP contribution is -2.07. The van der Waals surface area contributed by atoms with Gasteiger partial charge in [-0.2, -0.15) is 0 Å². The molecular weight excluding hydrogens is 244 g/mol. The maximum Gasteiger partial charge on any atom is 0.119 e. The summed E-state index contributed by atoms with van der Waals surface area (Å²) in [5, 5.41) is 0. The first-order chi connectivity index (χ1) is 9.78. The second kappa shape index (κ2) is 4.37. The quantitative estimate of drug-likeness (QED) is 0.736. The normalized spacial score (nSPS) is 19.2. The van der Waals surface area contributed by atoms with Gasteiger partial charge in [-0.1, -0.05) is 25.1 Å². The van der Waals surface area contributed by atoms with Crippen LogP contribution < -0.4 is 4.74 Å². The predicted octanol–water partition coefficient (Wildman–Crippen LogP) is 4.51.